The number of aliphatic hydroxyl groups is 1. The molecule has 1 fully saturated rings. The van der Waals surface area contributed by atoms with Gasteiger partial charge in [-0.3, -0.25) is 0 Å². The molecular formula is C14H18N2O. The van der Waals surface area contributed by atoms with Crippen LogP contribution in [0.1, 0.15) is 31.2 Å². The Bertz CT molecular complexity index is 498. The van der Waals surface area contributed by atoms with Gasteiger partial charge in [0.05, 0.1) is 23.5 Å². The summed E-state index contributed by atoms with van der Waals surface area (Å²) in [6, 6.07) is 6.46. The Hall–Kier alpha value is -1.35. The molecule has 2 N–H and O–H groups in total. The minimum atomic E-state index is -0.0543. The highest BCUT2D eigenvalue weighted by Gasteiger charge is 2.19. The summed E-state index contributed by atoms with van der Waals surface area (Å²) >= 11 is 0. The molecule has 1 saturated carbocycles. The van der Waals surface area contributed by atoms with Gasteiger partial charge in [-0.05, 0) is 55.7 Å². The first-order valence-corrected chi connectivity index (χ1v) is 6.41. The second-order valence-corrected chi connectivity index (χ2v) is 5.13. The largest absolute Gasteiger partial charge is 0.393 e. The van der Waals surface area contributed by atoms with E-state index in [1.165, 1.54) is 5.56 Å². The van der Waals surface area contributed by atoms with Gasteiger partial charge in [-0.2, -0.15) is 0 Å². The number of imidazole rings is 1. The van der Waals surface area contributed by atoms with Crippen molar-refractivity contribution in [2.75, 3.05) is 0 Å². The molecule has 90 valence electrons. The minimum Gasteiger partial charge on any atom is -0.393 e. The molecule has 0 bridgehead atoms. The zero-order valence-electron chi connectivity index (χ0n) is 9.89. The van der Waals surface area contributed by atoms with Gasteiger partial charge in [0.2, 0.25) is 0 Å². The van der Waals surface area contributed by atoms with Gasteiger partial charge in [0.15, 0.2) is 0 Å². The molecule has 0 aliphatic heterocycles. The van der Waals surface area contributed by atoms with Crippen LogP contribution in [-0.2, 0) is 6.42 Å². The Morgan fingerprint density at radius 3 is 2.88 bits per heavy atom. The molecule has 0 unspecified atom stereocenters. The summed E-state index contributed by atoms with van der Waals surface area (Å²) in [7, 11) is 0. The van der Waals surface area contributed by atoms with E-state index in [-0.39, 0.29) is 6.10 Å². The van der Waals surface area contributed by atoms with Crippen molar-refractivity contribution in [2.24, 2.45) is 5.92 Å². The second kappa shape index (κ2) is 4.49. The van der Waals surface area contributed by atoms with E-state index in [9.17, 15) is 5.11 Å². The fourth-order valence-electron chi connectivity index (χ4n) is 2.79. The number of benzene rings is 1. The van der Waals surface area contributed by atoms with Gasteiger partial charge in [-0.15, -0.1) is 0 Å². The van der Waals surface area contributed by atoms with Crippen LogP contribution in [-0.4, -0.2) is 21.2 Å². The first kappa shape index (κ1) is 10.8. The van der Waals surface area contributed by atoms with E-state index in [1.807, 2.05) is 0 Å². The number of hydrogen-bond acceptors (Lipinski definition) is 2. The molecule has 3 rings (SSSR count). The van der Waals surface area contributed by atoms with E-state index in [4.69, 9.17) is 0 Å². The first-order chi connectivity index (χ1) is 8.31. The molecule has 3 heteroatoms. The third kappa shape index (κ3) is 2.34. The molecular weight excluding hydrogens is 212 g/mol. The quantitative estimate of drug-likeness (QED) is 0.833. The molecule has 1 aliphatic rings. The van der Waals surface area contributed by atoms with Crippen LogP contribution < -0.4 is 0 Å². The second-order valence-electron chi connectivity index (χ2n) is 5.13. The van der Waals surface area contributed by atoms with Crippen LogP contribution in [0.15, 0.2) is 24.5 Å². The third-order valence-corrected chi connectivity index (χ3v) is 3.83. The molecule has 0 amide bonds. The zero-order valence-corrected chi connectivity index (χ0v) is 9.89. The van der Waals surface area contributed by atoms with Crippen molar-refractivity contribution < 1.29 is 5.11 Å². The van der Waals surface area contributed by atoms with Gasteiger partial charge in [0.25, 0.3) is 0 Å². The highest BCUT2D eigenvalue weighted by molar-refractivity contribution is 5.75. The van der Waals surface area contributed by atoms with Crippen LogP contribution in [0.3, 0.4) is 0 Å². The van der Waals surface area contributed by atoms with Crippen molar-refractivity contribution >= 4 is 11.0 Å². The lowest BCUT2D eigenvalue weighted by atomic mass is 9.83. The number of aliphatic hydroxyl groups excluding tert-OH is 1. The number of fused-ring (bicyclic) bond motifs is 1. The number of nitrogens with zero attached hydrogens (tertiary/aromatic N) is 1. The maximum Gasteiger partial charge on any atom is 0.0931 e. The van der Waals surface area contributed by atoms with Crippen LogP contribution in [0.5, 0.6) is 0 Å². The number of aromatic amines is 1. The number of H-pyrrole nitrogens is 1. The van der Waals surface area contributed by atoms with E-state index in [1.54, 1.807) is 6.33 Å². The highest BCUT2D eigenvalue weighted by Crippen LogP contribution is 2.27. The Kier molecular flexibility index (Phi) is 2.85. The molecule has 2 aromatic rings. The summed E-state index contributed by atoms with van der Waals surface area (Å²) in [6.45, 7) is 0. The summed E-state index contributed by atoms with van der Waals surface area (Å²) in [5.41, 5.74) is 3.54. The lowest BCUT2D eigenvalue weighted by Gasteiger charge is -2.25. The number of nitrogens with one attached hydrogen (secondary N) is 1. The highest BCUT2D eigenvalue weighted by atomic mass is 16.3. The Morgan fingerprint density at radius 2 is 2.06 bits per heavy atom. The van der Waals surface area contributed by atoms with E-state index >= 15 is 0 Å². The Labute approximate surface area is 101 Å². The summed E-state index contributed by atoms with van der Waals surface area (Å²) in [6.07, 6.45) is 7.06. The summed E-state index contributed by atoms with van der Waals surface area (Å²) in [5.74, 6) is 0.735. The van der Waals surface area contributed by atoms with Crippen molar-refractivity contribution in [1.29, 1.82) is 0 Å². The molecule has 0 radical (unpaired) electrons. The molecule has 1 aromatic heterocycles. The zero-order chi connectivity index (χ0) is 11.7. The molecule has 17 heavy (non-hydrogen) atoms. The molecule has 1 aromatic carbocycles. The lowest BCUT2D eigenvalue weighted by molar-refractivity contribution is 0.109. The van der Waals surface area contributed by atoms with E-state index in [0.29, 0.717) is 0 Å². The van der Waals surface area contributed by atoms with Crippen LogP contribution in [0.25, 0.3) is 11.0 Å². The fourth-order valence-corrected chi connectivity index (χ4v) is 2.79. The summed E-state index contributed by atoms with van der Waals surface area (Å²) < 4.78 is 0. The van der Waals surface area contributed by atoms with Crippen molar-refractivity contribution in [1.82, 2.24) is 9.97 Å². The topological polar surface area (TPSA) is 48.9 Å². The SMILES string of the molecule is OC1CCC(Cc2ccc3nc[nH]c3c2)CC1. The average Bonchev–Trinajstić information content (AvgIpc) is 2.79. The van der Waals surface area contributed by atoms with E-state index in [0.717, 1.165) is 49.1 Å². The van der Waals surface area contributed by atoms with Gasteiger partial charge in [0, 0.05) is 0 Å². The molecule has 1 heterocycles. The average molecular weight is 230 g/mol. The standard InChI is InChI=1S/C14H18N2O/c17-12-4-1-10(2-5-12)7-11-3-6-13-14(8-11)16-9-15-13/h3,6,8-10,12,17H,1-2,4-5,7H2,(H,15,16). The number of hydrogen-bond donors (Lipinski definition) is 2. The van der Waals surface area contributed by atoms with Gasteiger partial charge in [-0.25, -0.2) is 4.98 Å². The number of aromatic nitrogens is 2. The molecule has 0 spiro atoms. The Balaban J connectivity index is 1.71. The van der Waals surface area contributed by atoms with E-state index in [2.05, 4.69) is 28.2 Å². The maximum absolute atomic E-state index is 9.49. The van der Waals surface area contributed by atoms with Crippen molar-refractivity contribution in [3.63, 3.8) is 0 Å². The smallest absolute Gasteiger partial charge is 0.0931 e. The van der Waals surface area contributed by atoms with Crippen molar-refractivity contribution in [3.8, 4) is 0 Å². The van der Waals surface area contributed by atoms with Gasteiger partial charge >= 0.3 is 0 Å². The summed E-state index contributed by atoms with van der Waals surface area (Å²) in [4.78, 5) is 7.38. The van der Waals surface area contributed by atoms with Crippen molar-refractivity contribution in [3.05, 3.63) is 30.1 Å². The molecule has 0 saturated heterocycles. The van der Waals surface area contributed by atoms with Gasteiger partial charge < -0.3 is 10.1 Å². The predicted molar refractivity (Wildman–Crippen MR) is 67.8 cm³/mol. The van der Waals surface area contributed by atoms with Crippen molar-refractivity contribution in [2.45, 2.75) is 38.2 Å². The lowest BCUT2D eigenvalue weighted by Crippen LogP contribution is -2.19. The molecule has 3 nitrogen and oxygen atoms in total. The fraction of sp³-hybridized carbons (Fsp3) is 0.500. The monoisotopic (exact) mass is 230 g/mol. The van der Waals surface area contributed by atoms with Crippen LogP contribution >= 0.6 is 0 Å². The predicted octanol–water partition coefficient (Wildman–Crippen LogP) is 2.66. The normalized spacial score (nSPS) is 25.2. The van der Waals surface area contributed by atoms with Gasteiger partial charge in [-0.1, -0.05) is 6.07 Å². The van der Waals surface area contributed by atoms with Crippen LogP contribution in [0.4, 0.5) is 0 Å². The van der Waals surface area contributed by atoms with Gasteiger partial charge in [0.1, 0.15) is 0 Å². The van der Waals surface area contributed by atoms with E-state index < -0.39 is 0 Å². The minimum absolute atomic E-state index is 0.0543. The van der Waals surface area contributed by atoms with Crippen LogP contribution in [0.2, 0.25) is 0 Å². The Morgan fingerprint density at radius 1 is 1.24 bits per heavy atom. The van der Waals surface area contributed by atoms with Crippen LogP contribution in [0, 0.1) is 5.92 Å². The third-order valence-electron chi connectivity index (χ3n) is 3.83. The molecule has 1 aliphatic carbocycles. The first-order valence-electron chi connectivity index (χ1n) is 6.41. The number of rotatable bonds is 2. The summed E-state index contributed by atoms with van der Waals surface area (Å²) in [5, 5.41) is 9.49. The molecule has 0 atom stereocenters. The maximum atomic E-state index is 9.49.